The topological polar surface area (TPSA) is 13.1 Å². The number of hydrogen-bond acceptors (Lipinski definition) is 1. The molecule has 7 aromatic carbocycles. The van der Waals surface area contributed by atoms with Crippen LogP contribution in [0.3, 0.4) is 0 Å². The van der Waals surface area contributed by atoms with E-state index in [0.717, 1.165) is 46.9 Å². The second kappa shape index (κ2) is 12.3. The first-order chi connectivity index (χ1) is 25.3. The average molecular weight is 653 g/mol. The van der Waals surface area contributed by atoms with Gasteiger partial charge in [-0.15, -0.1) is 0 Å². The van der Waals surface area contributed by atoms with Gasteiger partial charge in [0.15, 0.2) is 0 Å². The van der Waals surface area contributed by atoms with Crippen molar-refractivity contribution in [2.24, 2.45) is 0 Å². The first-order valence-corrected chi connectivity index (χ1v) is 18.2. The quantitative estimate of drug-likeness (QED) is 0.174. The highest BCUT2D eigenvalue weighted by atomic mass is 16.3. The second-order valence-electron chi connectivity index (χ2n) is 14.2. The van der Waals surface area contributed by atoms with Crippen molar-refractivity contribution in [2.75, 3.05) is 0 Å². The molecule has 0 aliphatic heterocycles. The van der Waals surface area contributed by atoms with Crippen molar-refractivity contribution in [3.05, 3.63) is 198 Å². The van der Waals surface area contributed by atoms with Crippen LogP contribution in [0.2, 0.25) is 0 Å². The van der Waals surface area contributed by atoms with E-state index in [2.05, 4.69) is 176 Å². The lowest BCUT2D eigenvalue weighted by Gasteiger charge is -2.45. The first kappa shape index (κ1) is 29.8. The molecular weight excluding hydrogens is 617 g/mol. The van der Waals surface area contributed by atoms with Gasteiger partial charge in [-0.1, -0.05) is 140 Å². The molecule has 2 aliphatic rings. The minimum Gasteiger partial charge on any atom is -0.455 e. The van der Waals surface area contributed by atoms with Crippen molar-refractivity contribution in [3.63, 3.8) is 0 Å². The molecule has 1 heteroatoms. The summed E-state index contributed by atoms with van der Waals surface area (Å²) in [6, 6.07) is 60.5. The number of allylic oxidation sites excluding steroid dienone is 4. The minimum atomic E-state index is 0.275. The van der Waals surface area contributed by atoms with Gasteiger partial charge in [0.25, 0.3) is 0 Å². The van der Waals surface area contributed by atoms with Crippen LogP contribution < -0.4 is 0 Å². The van der Waals surface area contributed by atoms with Crippen LogP contribution in [0.4, 0.5) is 0 Å². The molecule has 0 saturated heterocycles. The number of rotatable bonds is 6. The van der Waals surface area contributed by atoms with Gasteiger partial charge < -0.3 is 4.42 Å². The smallest absolute Gasteiger partial charge is 0.143 e. The molecule has 1 heterocycles. The normalized spacial score (nSPS) is 18.4. The Morgan fingerprint density at radius 1 is 0.569 bits per heavy atom. The van der Waals surface area contributed by atoms with Crippen molar-refractivity contribution in [1.82, 2.24) is 0 Å². The monoisotopic (exact) mass is 652 g/mol. The van der Waals surface area contributed by atoms with Crippen LogP contribution >= 0.6 is 0 Å². The van der Waals surface area contributed by atoms with Gasteiger partial charge in [-0.2, -0.15) is 0 Å². The fourth-order valence-corrected chi connectivity index (χ4v) is 8.57. The Balaban J connectivity index is 1.12. The van der Waals surface area contributed by atoms with Crippen LogP contribution in [0.25, 0.3) is 60.5 Å². The van der Waals surface area contributed by atoms with E-state index in [9.17, 15) is 0 Å². The van der Waals surface area contributed by atoms with Gasteiger partial charge in [0.05, 0.1) is 0 Å². The van der Waals surface area contributed by atoms with E-state index in [0.29, 0.717) is 11.8 Å². The minimum absolute atomic E-state index is 0.275. The molecule has 1 fully saturated rings. The molecule has 10 rings (SSSR count). The van der Waals surface area contributed by atoms with E-state index >= 15 is 0 Å². The van der Waals surface area contributed by atoms with E-state index in [1.807, 2.05) is 0 Å². The lowest BCUT2D eigenvalue weighted by atomic mass is 9.57. The number of benzene rings is 6. The summed E-state index contributed by atoms with van der Waals surface area (Å²) >= 11 is 0. The lowest BCUT2D eigenvalue weighted by Crippen LogP contribution is -2.31. The summed E-state index contributed by atoms with van der Waals surface area (Å²) in [5, 5.41) is 4.82. The van der Waals surface area contributed by atoms with Crippen molar-refractivity contribution in [2.45, 2.75) is 37.0 Å². The predicted octanol–water partition coefficient (Wildman–Crippen LogP) is 13.5. The van der Waals surface area contributed by atoms with Gasteiger partial charge in [-0.3, -0.25) is 0 Å². The molecule has 2 aliphatic carbocycles. The highest BCUT2D eigenvalue weighted by Crippen LogP contribution is 2.59. The van der Waals surface area contributed by atoms with Crippen LogP contribution in [0.1, 0.15) is 59.3 Å². The van der Waals surface area contributed by atoms with E-state index < -0.39 is 0 Å². The number of fused-ring (bicyclic) bond motifs is 4. The van der Waals surface area contributed by atoms with Crippen molar-refractivity contribution in [3.8, 4) is 22.3 Å². The Hall–Kier alpha value is -6.10. The van der Waals surface area contributed by atoms with Crippen molar-refractivity contribution in [1.29, 1.82) is 0 Å². The summed E-state index contributed by atoms with van der Waals surface area (Å²) < 4.78 is 6.66. The van der Waals surface area contributed by atoms with Crippen LogP contribution in [0.15, 0.2) is 168 Å². The van der Waals surface area contributed by atoms with E-state index in [1.54, 1.807) is 0 Å². The molecule has 3 atom stereocenters. The highest BCUT2D eigenvalue weighted by Gasteiger charge is 2.44. The summed E-state index contributed by atoms with van der Waals surface area (Å²) in [5.74, 6) is 0.978. The Labute approximate surface area is 299 Å². The lowest BCUT2D eigenvalue weighted by molar-refractivity contribution is 0.285. The first-order valence-electron chi connectivity index (χ1n) is 18.2. The summed E-state index contributed by atoms with van der Waals surface area (Å²) in [6.45, 7) is 0. The zero-order chi connectivity index (χ0) is 33.7. The summed E-state index contributed by atoms with van der Waals surface area (Å²) in [7, 11) is 0. The zero-order valence-corrected chi connectivity index (χ0v) is 28.4. The molecule has 1 aromatic heterocycles. The fourth-order valence-electron chi connectivity index (χ4n) is 8.57. The number of furan rings is 1. The fraction of sp³-hybridized carbons (Fsp3) is 0.120. The van der Waals surface area contributed by atoms with Gasteiger partial charge in [-0.25, -0.2) is 0 Å². The van der Waals surface area contributed by atoms with Gasteiger partial charge in [0.1, 0.15) is 11.2 Å². The maximum absolute atomic E-state index is 6.66. The molecule has 0 amide bonds. The Morgan fingerprint density at radius 2 is 1.35 bits per heavy atom. The van der Waals surface area contributed by atoms with Crippen LogP contribution in [-0.4, -0.2) is 0 Å². The second-order valence-corrected chi connectivity index (χ2v) is 14.2. The van der Waals surface area contributed by atoms with E-state index in [1.165, 1.54) is 55.1 Å². The van der Waals surface area contributed by atoms with Crippen LogP contribution in [-0.2, 0) is 0 Å². The van der Waals surface area contributed by atoms with Crippen molar-refractivity contribution < 1.29 is 4.42 Å². The molecule has 8 aromatic rings. The molecule has 3 unspecified atom stereocenters. The molecule has 1 nitrogen and oxygen atoms in total. The van der Waals surface area contributed by atoms with Gasteiger partial charge in [-0.05, 0) is 118 Å². The Bertz CT molecular complexity index is 2600. The molecule has 242 valence electrons. The van der Waals surface area contributed by atoms with Gasteiger partial charge in [0, 0.05) is 27.5 Å². The molecule has 1 saturated carbocycles. The van der Waals surface area contributed by atoms with Crippen LogP contribution in [0.5, 0.6) is 0 Å². The third kappa shape index (κ3) is 5.27. The molecular formula is C50H36O. The summed E-state index contributed by atoms with van der Waals surface area (Å²) in [6.07, 6.45) is 9.84. The van der Waals surface area contributed by atoms with E-state index in [4.69, 9.17) is 4.42 Å². The Kier molecular flexibility index (Phi) is 7.21. The molecule has 0 spiro atoms. The molecule has 0 radical (unpaired) electrons. The van der Waals surface area contributed by atoms with Crippen LogP contribution in [0, 0.1) is 12.1 Å². The van der Waals surface area contributed by atoms with E-state index in [-0.39, 0.29) is 5.92 Å². The third-order valence-electron chi connectivity index (χ3n) is 11.3. The SMILES string of the molecule is c1c(C2=CC=CCC2)ccc(C2CC(c3ccc(-c4ccccc4)cc3)C2c2cc(-c3ccc4ccccc4c3)c3oc4ccccc4c3c2)c#1. The van der Waals surface area contributed by atoms with Crippen molar-refractivity contribution >= 4 is 38.3 Å². The molecule has 0 N–H and O–H groups in total. The highest BCUT2D eigenvalue weighted by molar-refractivity contribution is 6.10. The maximum atomic E-state index is 6.66. The Morgan fingerprint density at radius 3 is 2.18 bits per heavy atom. The number of hydrogen-bond donors (Lipinski definition) is 0. The van der Waals surface area contributed by atoms with Gasteiger partial charge >= 0.3 is 0 Å². The standard InChI is InChI=1S/C50H36O/c1-3-11-33(12-4-1)36-19-24-38(25-20-36)44-32-45(39-26-21-37(22-27-39)34-13-5-2-6-14-34)49(44)42-30-46(41-28-23-35-15-7-8-16-40(35)29-41)50-47(31-42)43-17-9-10-18-48(43)51-50/h1-5,7-13,15-21,23-26,28-31,44-45,49H,6,14,32H2. The maximum Gasteiger partial charge on any atom is 0.143 e. The molecule has 51 heavy (non-hydrogen) atoms. The third-order valence-corrected chi connectivity index (χ3v) is 11.3. The predicted molar refractivity (Wildman–Crippen MR) is 212 cm³/mol. The molecule has 0 bridgehead atoms. The summed E-state index contributed by atoms with van der Waals surface area (Å²) in [5.41, 5.74) is 13.2. The average Bonchev–Trinajstić information content (AvgIpc) is 3.57. The summed E-state index contributed by atoms with van der Waals surface area (Å²) in [4.78, 5) is 0. The zero-order valence-electron chi connectivity index (χ0n) is 28.4. The largest absolute Gasteiger partial charge is 0.455 e. The number of para-hydroxylation sites is 1. The van der Waals surface area contributed by atoms with Gasteiger partial charge in [0.2, 0.25) is 0 Å².